The van der Waals surface area contributed by atoms with Crippen LogP contribution in [-0.4, -0.2) is 44.8 Å². The summed E-state index contributed by atoms with van der Waals surface area (Å²) in [7, 11) is 0. The zero-order valence-electron chi connectivity index (χ0n) is 21.8. The van der Waals surface area contributed by atoms with Crippen LogP contribution in [0.5, 0.6) is 17.2 Å². The molecule has 3 heterocycles. The number of nitrogens with one attached hydrogen (secondary N) is 2. The van der Waals surface area contributed by atoms with Gasteiger partial charge in [-0.25, -0.2) is 18.0 Å². The molecule has 0 saturated carbocycles. The van der Waals surface area contributed by atoms with Crippen molar-refractivity contribution in [2.24, 2.45) is 0 Å². The lowest BCUT2D eigenvalue weighted by Crippen LogP contribution is -2.38. The Morgan fingerprint density at radius 2 is 1.72 bits per heavy atom. The summed E-state index contributed by atoms with van der Waals surface area (Å²) >= 11 is 0. The van der Waals surface area contributed by atoms with Crippen molar-refractivity contribution in [2.45, 2.75) is 25.3 Å². The van der Waals surface area contributed by atoms with Gasteiger partial charge in [0.15, 0.2) is 17.1 Å². The fourth-order valence-corrected chi connectivity index (χ4v) is 4.98. The molecule has 1 atom stereocenters. The molecule has 0 bridgehead atoms. The predicted octanol–water partition coefficient (Wildman–Crippen LogP) is 6.54. The molecule has 6 rings (SSSR count). The molecule has 0 saturated heterocycles. The van der Waals surface area contributed by atoms with Gasteiger partial charge in [0.1, 0.15) is 22.9 Å². The SMILES string of the molecule is CC(F)(F)CN1C(=O)c2[nH]nc(-c3cccc4[nH]c(=O)oc34)c2C1c1ccc(Oc2ccc(F)c(OC(F)(F)F)c2)cc1. The number of hydrogen-bond acceptors (Lipinski definition) is 6. The zero-order chi connectivity index (χ0) is 30.7. The van der Waals surface area contributed by atoms with Crippen LogP contribution in [0.25, 0.3) is 22.4 Å². The number of carbonyl (C=O) groups excluding carboxylic acids is 1. The largest absolute Gasteiger partial charge is 0.573 e. The summed E-state index contributed by atoms with van der Waals surface area (Å²) in [6.45, 7) is -0.257. The van der Waals surface area contributed by atoms with Gasteiger partial charge in [-0.15, -0.1) is 13.2 Å². The van der Waals surface area contributed by atoms with E-state index in [1.807, 2.05) is 0 Å². The second-order valence-electron chi connectivity index (χ2n) is 9.77. The van der Waals surface area contributed by atoms with E-state index < -0.39 is 48.1 Å². The third kappa shape index (κ3) is 5.40. The highest BCUT2D eigenvalue weighted by Crippen LogP contribution is 2.45. The number of nitrogens with zero attached hydrogens (tertiary/aromatic N) is 2. The van der Waals surface area contributed by atoms with E-state index in [2.05, 4.69) is 19.9 Å². The van der Waals surface area contributed by atoms with Gasteiger partial charge in [0.05, 0.1) is 18.1 Å². The van der Waals surface area contributed by atoms with E-state index >= 15 is 0 Å². The minimum atomic E-state index is -5.12. The Morgan fingerprint density at radius 1 is 1.00 bits per heavy atom. The number of H-pyrrole nitrogens is 2. The fraction of sp³-hybridized carbons (Fsp3) is 0.179. The highest BCUT2D eigenvalue weighted by atomic mass is 19.4. The number of aromatic amines is 2. The van der Waals surface area contributed by atoms with E-state index in [9.17, 15) is 35.9 Å². The summed E-state index contributed by atoms with van der Waals surface area (Å²) < 4.78 is 94.6. The van der Waals surface area contributed by atoms with Crippen LogP contribution in [0, 0.1) is 5.82 Å². The van der Waals surface area contributed by atoms with E-state index in [-0.39, 0.29) is 34.0 Å². The number of ether oxygens (including phenoxy) is 2. The van der Waals surface area contributed by atoms with E-state index in [1.165, 1.54) is 24.3 Å². The summed E-state index contributed by atoms with van der Waals surface area (Å²) in [5.41, 5.74) is 1.67. The Kier molecular flexibility index (Phi) is 6.47. The summed E-state index contributed by atoms with van der Waals surface area (Å²) in [5.74, 6) is -7.11. The number of benzene rings is 3. The average Bonchev–Trinajstić information content (AvgIpc) is 3.58. The molecule has 1 aliphatic rings. The topological polar surface area (TPSA) is 113 Å². The van der Waals surface area contributed by atoms with Crippen molar-refractivity contribution in [3.05, 3.63) is 93.9 Å². The van der Waals surface area contributed by atoms with Gasteiger partial charge in [-0.05, 0) is 42.0 Å². The van der Waals surface area contributed by atoms with Crippen LogP contribution in [0.1, 0.15) is 34.6 Å². The summed E-state index contributed by atoms with van der Waals surface area (Å²) in [6, 6.07) is 12.1. The summed E-state index contributed by atoms with van der Waals surface area (Å²) in [5, 5.41) is 6.88. The van der Waals surface area contributed by atoms with Crippen molar-refractivity contribution in [3.8, 4) is 28.5 Å². The van der Waals surface area contributed by atoms with Crippen LogP contribution < -0.4 is 15.2 Å². The maximum Gasteiger partial charge on any atom is 0.573 e. The molecule has 0 radical (unpaired) electrons. The second kappa shape index (κ2) is 9.96. The Morgan fingerprint density at radius 3 is 2.42 bits per heavy atom. The van der Waals surface area contributed by atoms with E-state index in [0.29, 0.717) is 23.6 Å². The van der Waals surface area contributed by atoms with Gasteiger partial charge in [0.2, 0.25) is 0 Å². The van der Waals surface area contributed by atoms with Crippen LogP contribution in [0.15, 0.2) is 69.9 Å². The molecule has 222 valence electrons. The number of hydrogen-bond donors (Lipinski definition) is 2. The van der Waals surface area contributed by atoms with Gasteiger partial charge in [-0.2, -0.15) is 5.10 Å². The average molecular weight is 604 g/mol. The lowest BCUT2D eigenvalue weighted by molar-refractivity contribution is -0.275. The predicted molar refractivity (Wildman–Crippen MR) is 138 cm³/mol. The van der Waals surface area contributed by atoms with Gasteiger partial charge in [-0.1, -0.05) is 18.2 Å². The molecule has 9 nitrogen and oxygen atoms in total. The van der Waals surface area contributed by atoms with Crippen molar-refractivity contribution in [2.75, 3.05) is 6.54 Å². The highest BCUT2D eigenvalue weighted by Gasteiger charge is 2.45. The summed E-state index contributed by atoms with van der Waals surface area (Å²) in [6.07, 6.45) is -5.12. The molecule has 2 N–H and O–H groups in total. The first-order valence-electron chi connectivity index (χ1n) is 12.5. The molecule has 3 aromatic carbocycles. The molecule has 0 aliphatic carbocycles. The van der Waals surface area contributed by atoms with E-state index in [4.69, 9.17) is 9.15 Å². The number of alkyl halides is 5. The molecule has 1 unspecified atom stereocenters. The molecule has 0 fully saturated rings. The van der Waals surface area contributed by atoms with E-state index in [1.54, 1.807) is 18.2 Å². The Labute approximate surface area is 236 Å². The molecule has 5 aromatic rings. The molecule has 1 amide bonds. The van der Waals surface area contributed by atoms with Crippen molar-refractivity contribution < 1.29 is 45.0 Å². The number of rotatable bonds is 7. The highest BCUT2D eigenvalue weighted by molar-refractivity contribution is 6.02. The number of halogens is 6. The molecular weight excluding hydrogens is 586 g/mol. The molecule has 2 aromatic heterocycles. The Bertz CT molecular complexity index is 1910. The molecular formula is C28H18F6N4O5. The minimum Gasteiger partial charge on any atom is -0.457 e. The first-order chi connectivity index (χ1) is 20.3. The standard InChI is InChI=1S/C28H18F6N4O5/c1-27(30,31)12-38-23(13-5-7-14(8-6-13)41-15-9-10-17(29)19(11-15)43-28(32,33)34)20-21(36-37-22(20)25(38)39)16-3-2-4-18-24(16)42-26(40)35-18/h2-11,23H,12H2,1H3,(H,35,40)(H,36,37). The van der Waals surface area contributed by atoms with Gasteiger partial charge >= 0.3 is 12.1 Å². The van der Waals surface area contributed by atoms with Crippen molar-refractivity contribution >= 4 is 17.0 Å². The van der Waals surface area contributed by atoms with Gasteiger partial charge < -0.3 is 18.8 Å². The quantitative estimate of drug-likeness (QED) is 0.204. The Hall–Kier alpha value is -5.21. The third-order valence-corrected chi connectivity index (χ3v) is 6.57. The number of amides is 1. The molecule has 43 heavy (non-hydrogen) atoms. The smallest absolute Gasteiger partial charge is 0.457 e. The van der Waals surface area contributed by atoms with E-state index in [0.717, 1.165) is 23.1 Å². The number of carbonyl (C=O) groups is 1. The molecule has 1 aliphatic heterocycles. The van der Waals surface area contributed by atoms with Gasteiger partial charge in [0.25, 0.3) is 11.8 Å². The lowest BCUT2D eigenvalue weighted by Gasteiger charge is -2.28. The number of aromatic nitrogens is 3. The fourth-order valence-electron chi connectivity index (χ4n) is 4.98. The Balaban J connectivity index is 1.38. The number of fused-ring (bicyclic) bond motifs is 2. The van der Waals surface area contributed by atoms with Crippen LogP contribution in [0.2, 0.25) is 0 Å². The van der Waals surface area contributed by atoms with Crippen LogP contribution in [-0.2, 0) is 0 Å². The first kappa shape index (κ1) is 27.9. The monoisotopic (exact) mass is 604 g/mol. The molecule has 15 heteroatoms. The maximum absolute atomic E-state index is 14.3. The summed E-state index contributed by atoms with van der Waals surface area (Å²) in [4.78, 5) is 28.7. The van der Waals surface area contributed by atoms with Crippen LogP contribution in [0.3, 0.4) is 0 Å². The number of para-hydroxylation sites is 1. The van der Waals surface area contributed by atoms with Crippen LogP contribution in [0.4, 0.5) is 26.3 Å². The third-order valence-electron chi connectivity index (χ3n) is 6.57. The van der Waals surface area contributed by atoms with Crippen molar-refractivity contribution in [1.82, 2.24) is 20.1 Å². The van der Waals surface area contributed by atoms with Crippen LogP contribution >= 0.6 is 0 Å². The second-order valence-corrected chi connectivity index (χ2v) is 9.77. The molecule has 0 spiro atoms. The lowest BCUT2D eigenvalue weighted by atomic mass is 9.95. The van der Waals surface area contributed by atoms with Gasteiger partial charge in [0, 0.05) is 24.1 Å². The minimum absolute atomic E-state index is 0.0250. The van der Waals surface area contributed by atoms with Gasteiger partial charge in [-0.3, -0.25) is 14.9 Å². The first-order valence-corrected chi connectivity index (χ1v) is 12.5. The van der Waals surface area contributed by atoms with Crippen molar-refractivity contribution in [3.63, 3.8) is 0 Å². The normalized spacial score (nSPS) is 15.3. The number of oxazole rings is 1. The maximum atomic E-state index is 14.3. The zero-order valence-corrected chi connectivity index (χ0v) is 21.8. The van der Waals surface area contributed by atoms with Crippen molar-refractivity contribution in [1.29, 1.82) is 0 Å².